The minimum absolute atomic E-state index is 0.441. The van der Waals surface area contributed by atoms with Crippen molar-refractivity contribution in [1.29, 1.82) is 0 Å². The maximum absolute atomic E-state index is 5.96. The largest absolute Gasteiger partial charge is 0.494 e. The van der Waals surface area contributed by atoms with Crippen LogP contribution in [-0.2, 0) is 0 Å². The van der Waals surface area contributed by atoms with E-state index in [1.807, 2.05) is 0 Å². The van der Waals surface area contributed by atoms with Crippen LogP contribution in [0.25, 0.3) is 6.08 Å². The summed E-state index contributed by atoms with van der Waals surface area (Å²) >= 11 is 7.39. The number of thiocarbonyl (C=S) groups is 1. The summed E-state index contributed by atoms with van der Waals surface area (Å²) in [5.41, 5.74) is 1.30. The SMILES string of the molecule is CC(C)N(C(=S)SCCCOc1ccc(C=C([Si](C)(C)C)[Si](C)(C)C)cc1)C(C)C. The number of rotatable bonds is 10. The number of hydrogen-bond donors (Lipinski definition) is 0. The molecule has 6 heteroatoms. The second-order valence-electron chi connectivity index (χ2n) is 10.5. The van der Waals surface area contributed by atoms with E-state index in [2.05, 4.69) is 102 Å². The maximum atomic E-state index is 5.96. The number of nitrogens with zero attached hydrogens (tertiary/aromatic N) is 1. The smallest absolute Gasteiger partial charge is 0.136 e. The topological polar surface area (TPSA) is 12.5 Å². The average molecular weight is 482 g/mol. The molecule has 170 valence electrons. The molecule has 0 saturated carbocycles. The lowest BCUT2D eigenvalue weighted by molar-refractivity contribution is 0.302. The van der Waals surface area contributed by atoms with Gasteiger partial charge in [-0.1, -0.05) is 86.3 Å². The van der Waals surface area contributed by atoms with Gasteiger partial charge in [0, 0.05) is 17.8 Å². The molecule has 0 amide bonds. The number of ether oxygens (including phenoxy) is 1. The molecule has 1 rings (SSSR count). The first-order valence-corrected chi connectivity index (χ1v) is 19.5. The normalized spacial score (nSPS) is 12.3. The van der Waals surface area contributed by atoms with Gasteiger partial charge in [0.1, 0.15) is 10.1 Å². The molecule has 1 aromatic carbocycles. The number of hydrogen-bond acceptors (Lipinski definition) is 3. The highest BCUT2D eigenvalue weighted by molar-refractivity contribution is 8.22. The lowest BCUT2D eigenvalue weighted by atomic mass is 10.2. The van der Waals surface area contributed by atoms with Crippen LogP contribution in [0.5, 0.6) is 5.75 Å². The van der Waals surface area contributed by atoms with Gasteiger partial charge in [0.15, 0.2) is 0 Å². The Labute approximate surface area is 197 Å². The highest BCUT2D eigenvalue weighted by atomic mass is 32.2. The fourth-order valence-corrected chi connectivity index (χ4v) is 15.8. The predicted molar refractivity (Wildman–Crippen MR) is 148 cm³/mol. The van der Waals surface area contributed by atoms with Crippen molar-refractivity contribution in [2.45, 2.75) is 85.5 Å². The summed E-state index contributed by atoms with van der Waals surface area (Å²) in [7, 11) is -2.61. The molecule has 0 aliphatic rings. The van der Waals surface area contributed by atoms with Gasteiger partial charge in [-0.3, -0.25) is 0 Å². The third-order valence-electron chi connectivity index (χ3n) is 4.91. The van der Waals surface area contributed by atoms with E-state index in [1.54, 1.807) is 16.6 Å². The molecule has 1 aromatic rings. The molecule has 0 aliphatic heterocycles. The van der Waals surface area contributed by atoms with Gasteiger partial charge in [-0.05, 0) is 51.8 Å². The Morgan fingerprint density at radius 2 is 1.47 bits per heavy atom. The molecule has 0 aromatic heterocycles. The summed E-state index contributed by atoms with van der Waals surface area (Å²) < 4.78 is 6.96. The molecular formula is C24H43NOS2Si2. The van der Waals surface area contributed by atoms with Gasteiger partial charge in [-0.2, -0.15) is 0 Å². The predicted octanol–water partition coefficient (Wildman–Crippen LogP) is 7.73. The zero-order valence-electron chi connectivity index (χ0n) is 20.8. The van der Waals surface area contributed by atoms with Gasteiger partial charge in [-0.15, -0.1) is 0 Å². The Hall–Kier alpha value is -0.566. The minimum atomic E-state index is -1.31. The summed E-state index contributed by atoms with van der Waals surface area (Å²) in [6.45, 7) is 24.3. The van der Waals surface area contributed by atoms with Gasteiger partial charge in [0.25, 0.3) is 0 Å². The van der Waals surface area contributed by atoms with E-state index < -0.39 is 16.1 Å². The van der Waals surface area contributed by atoms with E-state index in [0.717, 1.165) is 28.9 Å². The number of thioether (sulfide) groups is 1. The second-order valence-corrected chi connectivity index (χ2v) is 22.8. The van der Waals surface area contributed by atoms with Crippen LogP contribution in [0.2, 0.25) is 39.3 Å². The van der Waals surface area contributed by atoms with E-state index >= 15 is 0 Å². The highest BCUT2D eigenvalue weighted by Crippen LogP contribution is 2.28. The maximum Gasteiger partial charge on any atom is 0.136 e. The summed E-state index contributed by atoms with van der Waals surface area (Å²) in [6.07, 6.45) is 3.45. The molecule has 0 fully saturated rings. The molecule has 0 N–H and O–H groups in total. The molecule has 0 radical (unpaired) electrons. The summed E-state index contributed by atoms with van der Waals surface area (Å²) in [5, 5.41) is 0. The van der Waals surface area contributed by atoms with Crippen LogP contribution >= 0.6 is 24.0 Å². The van der Waals surface area contributed by atoms with Crippen molar-refractivity contribution in [3.05, 3.63) is 34.6 Å². The fourth-order valence-electron chi connectivity index (χ4n) is 3.89. The monoisotopic (exact) mass is 481 g/mol. The first-order chi connectivity index (χ1) is 13.7. The molecule has 0 atom stereocenters. The van der Waals surface area contributed by atoms with E-state index in [1.165, 1.54) is 5.56 Å². The van der Waals surface area contributed by atoms with E-state index in [4.69, 9.17) is 17.0 Å². The molecule has 0 bridgehead atoms. The Morgan fingerprint density at radius 3 is 1.90 bits per heavy atom. The molecule has 2 nitrogen and oxygen atoms in total. The third kappa shape index (κ3) is 9.29. The Morgan fingerprint density at radius 1 is 0.967 bits per heavy atom. The summed E-state index contributed by atoms with van der Waals surface area (Å²) in [6, 6.07) is 9.49. The molecular weight excluding hydrogens is 439 g/mol. The first kappa shape index (κ1) is 27.5. The van der Waals surface area contributed by atoms with Crippen LogP contribution in [0, 0.1) is 0 Å². The quantitative estimate of drug-likeness (QED) is 0.192. The van der Waals surface area contributed by atoms with Crippen molar-refractivity contribution in [2.24, 2.45) is 0 Å². The number of benzene rings is 1. The lowest BCUT2D eigenvalue weighted by Crippen LogP contribution is -2.39. The van der Waals surface area contributed by atoms with Gasteiger partial charge in [0.05, 0.1) is 22.8 Å². The van der Waals surface area contributed by atoms with Gasteiger partial charge < -0.3 is 9.64 Å². The average Bonchev–Trinajstić information content (AvgIpc) is 2.57. The van der Waals surface area contributed by atoms with Crippen LogP contribution in [0.1, 0.15) is 39.7 Å². The lowest BCUT2D eigenvalue weighted by Gasteiger charge is -2.32. The zero-order valence-corrected chi connectivity index (χ0v) is 24.5. The minimum Gasteiger partial charge on any atom is -0.494 e. The van der Waals surface area contributed by atoms with Crippen LogP contribution in [-0.4, -0.2) is 49.8 Å². The van der Waals surface area contributed by atoms with Gasteiger partial charge in [-0.25, -0.2) is 0 Å². The fraction of sp³-hybridized carbons (Fsp3) is 0.625. The van der Waals surface area contributed by atoms with E-state index in [9.17, 15) is 0 Å². The van der Waals surface area contributed by atoms with Crippen LogP contribution in [0.3, 0.4) is 0 Å². The van der Waals surface area contributed by atoms with Crippen molar-refractivity contribution in [3.8, 4) is 5.75 Å². The first-order valence-electron chi connectivity index (χ1n) is 11.1. The zero-order chi connectivity index (χ0) is 23.1. The van der Waals surface area contributed by atoms with Crippen molar-refractivity contribution in [3.63, 3.8) is 0 Å². The Kier molecular flexibility index (Phi) is 10.9. The van der Waals surface area contributed by atoms with Crippen LogP contribution in [0.4, 0.5) is 0 Å². The summed E-state index contributed by atoms with van der Waals surface area (Å²) in [5.74, 6) is 1.94. The Balaban J connectivity index is 2.56. The Bertz CT molecular complexity index is 677. The molecule has 0 saturated heterocycles. The van der Waals surface area contributed by atoms with Crippen molar-refractivity contribution < 1.29 is 4.74 Å². The highest BCUT2D eigenvalue weighted by Gasteiger charge is 2.30. The van der Waals surface area contributed by atoms with E-state index in [0.29, 0.717) is 12.1 Å². The van der Waals surface area contributed by atoms with Crippen molar-refractivity contribution >= 4 is 50.5 Å². The molecule has 0 aliphatic carbocycles. The van der Waals surface area contributed by atoms with Crippen LogP contribution in [0.15, 0.2) is 29.1 Å². The van der Waals surface area contributed by atoms with Gasteiger partial charge in [0.2, 0.25) is 0 Å². The third-order valence-corrected chi connectivity index (χ3v) is 14.4. The standard InChI is InChI=1S/C24H43NOS2Si2/c1-19(2)25(20(3)4)24(27)28-17-11-16-26-22-14-12-21(13-15-22)18-23(29(5,6)7)30(8,9)10/h12-15,18-20H,11,16-17H2,1-10H3. The molecule has 0 unspecified atom stereocenters. The molecule has 0 spiro atoms. The van der Waals surface area contributed by atoms with Crippen molar-refractivity contribution in [2.75, 3.05) is 12.4 Å². The van der Waals surface area contributed by atoms with Crippen molar-refractivity contribution in [1.82, 2.24) is 4.90 Å². The molecule has 0 heterocycles. The van der Waals surface area contributed by atoms with Gasteiger partial charge >= 0.3 is 0 Å². The van der Waals surface area contributed by atoms with Crippen LogP contribution < -0.4 is 4.74 Å². The molecule has 30 heavy (non-hydrogen) atoms. The van der Waals surface area contributed by atoms with E-state index in [-0.39, 0.29) is 0 Å². The summed E-state index contributed by atoms with van der Waals surface area (Å²) in [4.78, 5) is 4.04. The second kappa shape index (κ2) is 11.9.